The van der Waals surface area contributed by atoms with Crippen molar-refractivity contribution in [3.63, 3.8) is 0 Å². The van der Waals surface area contributed by atoms with Crippen molar-refractivity contribution in [2.75, 3.05) is 6.54 Å². The molecule has 1 amide bonds. The van der Waals surface area contributed by atoms with Crippen LogP contribution in [-0.4, -0.2) is 54.0 Å². The van der Waals surface area contributed by atoms with Crippen LogP contribution in [0.5, 0.6) is 0 Å². The molecule has 9 nitrogen and oxygen atoms in total. The van der Waals surface area contributed by atoms with Gasteiger partial charge in [0.25, 0.3) is 0 Å². The van der Waals surface area contributed by atoms with E-state index in [-0.39, 0.29) is 28.7 Å². The minimum absolute atomic E-state index is 0.0850. The van der Waals surface area contributed by atoms with Gasteiger partial charge in [-0.25, -0.2) is 4.79 Å². The Morgan fingerprint density at radius 3 is 2.50 bits per heavy atom. The zero-order valence-corrected chi connectivity index (χ0v) is 23.5. The SMILES string of the molecule is CC(=N)CC(c1cnn(C)c1)N1CCc2c(c(C)nn2CC23CCC(NC(=O)OC4(C)CC4)(CC2)CC3)C1. The van der Waals surface area contributed by atoms with Crippen molar-refractivity contribution in [3.05, 3.63) is 34.9 Å². The molecule has 9 heteroatoms. The molecule has 5 aliphatic rings. The Bertz CT molecular complexity index is 1220. The van der Waals surface area contributed by atoms with E-state index in [0.29, 0.717) is 5.71 Å². The lowest BCUT2D eigenvalue weighted by Crippen LogP contribution is -2.57. The summed E-state index contributed by atoms with van der Waals surface area (Å²) in [4.78, 5) is 15.1. The average Bonchev–Trinajstić information content (AvgIpc) is 3.30. The summed E-state index contributed by atoms with van der Waals surface area (Å²) >= 11 is 0. The molecule has 0 aromatic carbocycles. The van der Waals surface area contributed by atoms with Crippen LogP contribution >= 0.6 is 0 Å². The second-order valence-electron chi connectivity index (χ2n) is 13.1. The van der Waals surface area contributed by atoms with Crippen molar-refractivity contribution in [1.29, 1.82) is 5.41 Å². The normalized spacial score (nSPS) is 28.5. The Morgan fingerprint density at radius 1 is 1.18 bits per heavy atom. The molecule has 2 aromatic heterocycles. The fourth-order valence-corrected chi connectivity index (χ4v) is 7.19. The Balaban J connectivity index is 1.13. The van der Waals surface area contributed by atoms with Gasteiger partial charge in [-0.15, -0.1) is 0 Å². The molecule has 0 spiro atoms. The first-order valence-electron chi connectivity index (χ1n) is 14.4. The van der Waals surface area contributed by atoms with E-state index in [1.54, 1.807) is 0 Å². The molecule has 0 radical (unpaired) electrons. The Hall–Kier alpha value is -2.68. The van der Waals surface area contributed by atoms with Gasteiger partial charge in [-0.2, -0.15) is 10.2 Å². The van der Waals surface area contributed by atoms with Crippen LogP contribution in [0.4, 0.5) is 4.79 Å². The maximum absolute atomic E-state index is 12.5. The minimum Gasteiger partial charge on any atom is -0.443 e. The summed E-state index contributed by atoms with van der Waals surface area (Å²) in [5.41, 5.74) is 5.74. The molecule has 206 valence electrons. The van der Waals surface area contributed by atoms with E-state index in [0.717, 1.165) is 89.5 Å². The third-order valence-corrected chi connectivity index (χ3v) is 9.96. The zero-order chi connectivity index (χ0) is 26.7. The predicted molar refractivity (Wildman–Crippen MR) is 145 cm³/mol. The summed E-state index contributed by atoms with van der Waals surface area (Å²) in [6, 6.07) is 0.169. The van der Waals surface area contributed by atoms with Crippen LogP contribution in [0, 0.1) is 17.7 Å². The van der Waals surface area contributed by atoms with Crippen molar-refractivity contribution >= 4 is 11.8 Å². The van der Waals surface area contributed by atoms with Gasteiger partial charge in [-0.3, -0.25) is 14.3 Å². The largest absolute Gasteiger partial charge is 0.443 e. The summed E-state index contributed by atoms with van der Waals surface area (Å²) in [5.74, 6) is 0. The lowest BCUT2D eigenvalue weighted by molar-refractivity contribution is 0.00139. The molecule has 1 aliphatic heterocycles. The molecule has 2 aromatic rings. The second-order valence-corrected chi connectivity index (χ2v) is 13.1. The number of alkyl carbamates (subject to hydrolysis) is 1. The van der Waals surface area contributed by atoms with Crippen LogP contribution in [0.1, 0.15) is 100 Å². The van der Waals surface area contributed by atoms with Crippen molar-refractivity contribution in [2.24, 2.45) is 12.5 Å². The van der Waals surface area contributed by atoms with Gasteiger partial charge >= 0.3 is 6.09 Å². The van der Waals surface area contributed by atoms with E-state index in [9.17, 15) is 4.79 Å². The van der Waals surface area contributed by atoms with Crippen LogP contribution in [0.25, 0.3) is 0 Å². The molecule has 0 saturated heterocycles. The monoisotopic (exact) mass is 521 g/mol. The number of aromatic nitrogens is 4. The van der Waals surface area contributed by atoms with E-state index >= 15 is 0 Å². The van der Waals surface area contributed by atoms with Crippen molar-refractivity contribution in [2.45, 2.75) is 115 Å². The van der Waals surface area contributed by atoms with Crippen LogP contribution in [0.3, 0.4) is 0 Å². The Labute approximate surface area is 225 Å². The first-order valence-corrected chi connectivity index (χ1v) is 14.4. The minimum atomic E-state index is -0.225. The van der Waals surface area contributed by atoms with Gasteiger partial charge in [0, 0.05) is 79.8 Å². The summed E-state index contributed by atoms with van der Waals surface area (Å²) in [5, 5.41) is 20.9. The number of nitrogens with one attached hydrogen (secondary N) is 2. The van der Waals surface area contributed by atoms with Crippen molar-refractivity contribution < 1.29 is 9.53 Å². The highest BCUT2D eigenvalue weighted by molar-refractivity contribution is 5.79. The lowest BCUT2D eigenvalue weighted by atomic mass is 9.57. The molecule has 1 atom stereocenters. The highest BCUT2D eigenvalue weighted by Gasteiger charge is 2.51. The van der Waals surface area contributed by atoms with Crippen molar-refractivity contribution in [1.82, 2.24) is 29.8 Å². The highest BCUT2D eigenvalue weighted by Crippen LogP contribution is 2.53. The number of fused-ring (bicyclic) bond motifs is 4. The van der Waals surface area contributed by atoms with Crippen LogP contribution in [0.15, 0.2) is 12.4 Å². The third kappa shape index (κ3) is 4.90. The molecule has 2 N–H and O–H groups in total. The number of hydrogen-bond acceptors (Lipinski definition) is 6. The lowest BCUT2D eigenvalue weighted by Gasteiger charge is -2.53. The van der Waals surface area contributed by atoms with Gasteiger partial charge in [0.05, 0.1) is 11.9 Å². The van der Waals surface area contributed by atoms with Crippen LogP contribution < -0.4 is 5.32 Å². The highest BCUT2D eigenvalue weighted by atomic mass is 16.6. The van der Waals surface area contributed by atoms with E-state index in [1.165, 1.54) is 16.8 Å². The van der Waals surface area contributed by atoms with E-state index in [4.69, 9.17) is 15.2 Å². The van der Waals surface area contributed by atoms with Gasteiger partial charge in [-0.1, -0.05) is 0 Å². The van der Waals surface area contributed by atoms with Crippen LogP contribution in [0.2, 0.25) is 0 Å². The number of aryl methyl sites for hydroxylation is 2. The van der Waals surface area contributed by atoms with Crippen molar-refractivity contribution in [3.8, 4) is 0 Å². The maximum atomic E-state index is 12.5. The number of carbonyl (C=O) groups is 1. The molecule has 4 fully saturated rings. The number of rotatable bonds is 8. The molecule has 2 bridgehead atoms. The molecule has 4 saturated carbocycles. The van der Waals surface area contributed by atoms with E-state index < -0.39 is 0 Å². The van der Waals surface area contributed by atoms with E-state index in [1.807, 2.05) is 31.8 Å². The number of nitrogens with zero attached hydrogens (tertiary/aromatic N) is 5. The molecule has 38 heavy (non-hydrogen) atoms. The molecular weight excluding hydrogens is 478 g/mol. The van der Waals surface area contributed by atoms with Crippen LogP contribution in [-0.2, 0) is 31.3 Å². The predicted octanol–water partition coefficient (Wildman–Crippen LogP) is 4.83. The number of amides is 1. The molecule has 7 rings (SSSR count). The Kier molecular flexibility index (Phi) is 6.20. The van der Waals surface area contributed by atoms with Gasteiger partial charge in [-0.05, 0) is 77.6 Å². The topological polar surface area (TPSA) is 101 Å². The smallest absolute Gasteiger partial charge is 0.408 e. The van der Waals surface area contributed by atoms with Gasteiger partial charge in [0.2, 0.25) is 0 Å². The molecule has 4 aliphatic carbocycles. The molecule has 3 heterocycles. The van der Waals surface area contributed by atoms with E-state index in [2.05, 4.69) is 33.1 Å². The fourth-order valence-electron chi connectivity index (χ4n) is 7.19. The summed E-state index contributed by atoms with van der Waals surface area (Å²) in [6.07, 6.45) is 14.0. The second kappa shape index (κ2) is 9.21. The zero-order valence-electron chi connectivity index (χ0n) is 23.5. The molecule has 1 unspecified atom stereocenters. The standard InChI is InChI=1S/C29H43N7O2/c1-20(30)15-25(22-16-31-34(4)17-22)35-14-5-24-23(18-35)21(2)33-36(24)19-28-8-11-29(12-9-28,13-10-28)32-26(37)38-27(3)6-7-27/h16-17,25,30H,5-15,18-19H2,1-4H3,(H,32,37). The Morgan fingerprint density at radius 2 is 1.89 bits per heavy atom. The van der Waals surface area contributed by atoms with Gasteiger partial charge in [0.15, 0.2) is 0 Å². The first-order chi connectivity index (χ1) is 18.1. The number of carbonyl (C=O) groups excluding carboxylic acids is 1. The quantitative estimate of drug-likeness (QED) is 0.485. The van der Waals surface area contributed by atoms with Gasteiger partial charge < -0.3 is 15.5 Å². The fraction of sp³-hybridized carbons (Fsp3) is 0.724. The summed E-state index contributed by atoms with van der Waals surface area (Å²) < 4.78 is 9.86. The number of ether oxygens (including phenoxy) is 1. The maximum Gasteiger partial charge on any atom is 0.408 e. The number of hydrogen-bond donors (Lipinski definition) is 2. The first kappa shape index (κ1) is 25.6. The summed E-state index contributed by atoms with van der Waals surface area (Å²) in [7, 11) is 1.95. The summed E-state index contributed by atoms with van der Waals surface area (Å²) in [6.45, 7) is 8.89. The molecular formula is C29H43N7O2. The average molecular weight is 522 g/mol. The van der Waals surface area contributed by atoms with Gasteiger partial charge in [0.1, 0.15) is 5.60 Å². The third-order valence-electron chi connectivity index (χ3n) is 9.96.